The van der Waals surface area contributed by atoms with E-state index in [-0.39, 0.29) is 18.1 Å². The molecule has 2 atom stereocenters. The first-order valence-electron chi connectivity index (χ1n) is 5.87. The number of amides is 1. The quantitative estimate of drug-likeness (QED) is 0.773. The molecular weight excluding hydrogens is 238 g/mol. The van der Waals surface area contributed by atoms with Gasteiger partial charge in [0.15, 0.2) is 6.10 Å². The van der Waals surface area contributed by atoms with E-state index in [9.17, 15) is 4.79 Å². The lowest BCUT2D eigenvalue weighted by molar-refractivity contribution is -0.132. The Labute approximate surface area is 106 Å². The van der Waals surface area contributed by atoms with Crippen LogP contribution in [0.25, 0.3) is 0 Å². The zero-order valence-electron chi connectivity index (χ0n) is 10.0. The maximum atomic E-state index is 12.0. The third-order valence-corrected chi connectivity index (χ3v) is 3.26. The fourth-order valence-electron chi connectivity index (χ4n) is 1.92. The number of hydrogen-bond donors (Lipinski definition) is 0. The molecule has 0 unspecified atom stereocenters. The van der Waals surface area contributed by atoms with Crippen molar-refractivity contribution in [2.75, 3.05) is 13.1 Å². The minimum atomic E-state index is -0.309. The van der Waals surface area contributed by atoms with Gasteiger partial charge in [0.2, 0.25) is 0 Å². The molecule has 4 heteroatoms. The molecular formula is C13H16ClNO2. The zero-order chi connectivity index (χ0) is 12.4. The van der Waals surface area contributed by atoms with E-state index in [0.29, 0.717) is 5.02 Å². The lowest BCUT2D eigenvalue weighted by Crippen LogP contribution is -2.34. The van der Waals surface area contributed by atoms with E-state index in [4.69, 9.17) is 16.3 Å². The molecule has 1 saturated heterocycles. The van der Waals surface area contributed by atoms with Crippen molar-refractivity contribution in [3.05, 3.63) is 34.9 Å². The molecule has 0 saturated carbocycles. The second kappa shape index (κ2) is 5.07. The maximum absolute atomic E-state index is 12.0. The molecule has 0 aromatic heterocycles. The van der Waals surface area contributed by atoms with Crippen LogP contribution >= 0.6 is 11.6 Å². The summed E-state index contributed by atoms with van der Waals surface area (Å²) in [5.41, 5.74) is 1.01. The first kappa shape index (κ1) is 12.4. The highest BCUT2D eigenvalue weighted by molar-refractivity contribution is 6.30. The minimum Gasteiger partial charge on any atom is -0.354 e. The zero-order valence-corrected chi connectivity index (χ0v) is 10.8. The Bertz CT molecular complexity index is 400. The minimum absolute atomic E-state index is 0.0787. The smallest absolute Gasteiger partial charge is 0.254 e. The molecule has 0 radical (unpaired) electrons. The first-order valence-corrected chi connectivity index (χ1v) is 6.24. The van der Waals surface area contributed by atoms with Gasteiger partial charge in [-0.2, -0.15) is 0 Å². The SMILES string of the molecule is CCN(CC)C(=O)[C@H]1O[C@@H]1c1ccc(Cl)cc1. The third-order valence-electron chi connectivity index (χ3n) is 3.01. The Kier molecular flexibility index (Phi) is 3.69. The molecule has 1 aliphatic heterocycles. The van der Waals surface area contributed by atoms with Crippen LogP contribution in [-0.2, 0) is 9.53 Å². The van der Waals surface area contributed by atoms with Gasteiger partial charge in [0.05, 0.1) is 0 Å². The number of halogens is 1. The molecule has 1 aromatic carbocycles. The molecule has 3 nitrogen and oxygen atoms in total. The predicted octanol–water partition coefficient (Wildman–Crippen LogP) is 2.65. The Morgan fingerprint density at radius 3 is 2.41 bits per heavy atom. The van der Waals surface area contributed by atoms with E-state index in [1.165, 1.54) is 0 Å². The molecule has 1 amide bonds. The summed E-state index contributed by atoms with van der Waals surface area (Å²) in [7, 11) is 0. The van der Waals surface area contributed by atoms with Crippen molar-refractivity contribution in [3.8, 4) is 0 Å². The molecule has 1 aliphatic rings. The van der Waals surface area contributed by atoms with Gasteiger partial charge in [-0.3, -0.25) is 4.79 Å². The Balaban J connectivity index is 2.00. The molecule has 0 bridgehead atoms. The molecule has 1 heterocycles. The summed E-state index contributed by atoms with van der Waals surface area (Å²) in [6.45, 7) is 5.40. The third kappa shape index (κ3) is 2.61. The summed E-state index contributed by atoms with van der Waals surface area (Å²) in [5.74, 6) is 0.0787. The fraction of sp³-hybridized carbons (Fsp3) is 0.462. The number of carbonyl (C=O) groups is 1. The van der Waals surface area contributed by atoms with Gasteiger partial charge in [-0.15, -0.1) is 0 Å². The van der Waals surface area contributed by atoms with Gasteiger partial charge in [0.1, 0.15) is 6.10 Å². The standard InChI is InChI=1S/C13H16ClNO2/c1-3-15(4-2)13(16)12-11(17-12)9-5-7-10(14)8-6-9/h5-8,11-12H,3-4H2,1-2H3/t11-,12+/m1/s1. The summed E-state index contributed by atoms with van der Waals surface area (Å²) in [5, 5.41) is 0.695. The van der Waals surface area contributed by atoms with E-state index in [1.54, 1.807) is 4.90 Å². The molecule has 0 spiro atoms. The van der Waals surface area contributed by atoms with Gasteiger partial charge in [-0.25, -0.2) is 0 Å². The lowest BCUT2D eigenvalue weighted by Gasteiger charge is -2.17. The van der Waals surface area contributed by atoms with Gasteiger partial charge in [-0.05, 0) is 31.5 Å². The lowest BCUT2D eigenvalue weighted by atomic mass is 10.1. The number of carbonyl (C=O) groups excluding carboxylic acids is 1. The first-order chi connectivity index (χ1) is 8.17. The van der Waals surface area contributed by atoms with Crippen molar-refractivity contribution >= 4 is 17.5 Å². The predicted molar refractivity (Wildman–Crippen MR) is 67.0 cm³/mol. The number of epoxide rings is 1. The number of likely N-dealkylation sites (N-methyl/N-ethyl adjacent to an activating group) is 1. The van der Waals surface area contributed by atoms with Gasteiger partial charge >= 0.3 is 0 Å². The maximum Gasteiger partial charge on any atom is 0.254 e. The second-order valence-corrected chi connectivity index (χ2v) is 4.48. The molecule has 17 heavy (non-hydrogen) atoms. The molecule has 0 N–H and O–H groups in total. The average molecular weight is 254 g/mol. The van der Waals surface area contributed by atoms with Crippen LogP contribution < -0.4 is 0 Å². The van der Waals surface area contributed by atoms with Crippen LogP contribution in [0.1, 0.15) is 25.5 Å². The van der Waals surface area contributed by atoms with Crippen LogP contribution in [0.2, 0.25) is 5.02 Å². The number of nitrogens with zero attached hydrogens (tertiary/aromatic N) is 1. The summed E-state index contributed by atoms with van der Waals surface area (Å²) >= 11 is 5.82. The normalized spacial score (nSPS) is 22.3. The Morgan fingerprint density at radius 2 is 1.88 bits per heavy atom. The topological polar surface area (TPSA) is 32.8 Å². The van der Waals surface area contributed by atoms with Crippen molar-refractivity contribution < 1.29 is 9.53 Å². The van der Waals surface area contributed by atoms with E-state index in [0.717, 1.165) is 18.7 Å². The van der Waals surface area contributed by atoms with E-state index >= 15 is 0 Å². The van der Waals surface area contributed by atoms with Gasteiger partial charge in [0, 0.05) is 18.1 Å². The van der Waals surface area contributed by atoms with Crippen LogP contribution in [0.15, 0.2) is 24.3 Å². The van der Waals surface area contributed by atoms with E-state index in [1.807, 2.05) is 38.1 Å². The fourth-order valence-corrected chi connectivity index (χ4v) is 2.05. The van der Waals surface area contributed by atoms with Crippen LogP contribution in [0.5, 0.6) is 0 Å². The molecule has 1 fully saturated rings. The van der Waals surface area contributed by atoms with Crippen LogP contribution in [0, 0.1) is 0 Å². The summed E-state index contributed by atoms with van der Waals surface area (Å²) in [4.78, 5) is 13.8. The number of rotatable bonds is 4. The number of ether oxygens (including phenoxy) is 1. The number of hydrogen-bond acceptors (Lipinski definition) is 2. The summed E-state index contributed by atoms with van der Waals surface area (Å²) in [6.07, 6.45) is -0.406. The van der Waals surface area contributed by atoms with Crippen molar-refractivity contribution in [2.45, 2.75) is 26.1 Å². The highest BCUT2D eigenvalue weighted by Gasteiger charge is 2.47. The molecule has 92 valence electrons. The molecule has 1 aromatic rings. The number of benzene rings is 1. The van der Waals surface area contributed by atoms with E-state index in [2.05, 4.69) is 0 Å². The van der Waals surface area contributed by atoms with E-state index < -0.39 is 0 Å². The summed E-state index contributed by atoms with van der Waals surface area (Å²) in [6, 6.07) is 7.44. The average Bonchev–Trinajstić information content (AvgIpc) is 3.11. The Morgan fingerprint density at radius 1 is 1.29 bits per heavy atom. The van der Waals surface area contributed by atoms with Crippen molar-refractivity contribution in [1.29, 1.82) is 0 Å². The van der Waals surface area contributed by atoms with Gasteiger partial charge in [0.25, 0.3) is 5.91 Å². The monoisotopic (exact) mass is 253 g/mol. The van der Waals surface area contributed by atoms with Crippen LogP contribution in [-0.4, -0.2) is 30.0 Å². The van der Waals surface area contributed by atoms with Crippen molar-refractivity contribution in [2.24, 2.45) is 0 Å². The van der Waals surface area contributed by atoms with Crippen LogP contribution in [0.4, 0.5) is 0 Å². The second-order valence-electron chi connectivity index (χ2n) is 4.04. The van der Waals surface area contributed by atoms with Gasteiger partial charge in [-0.1, -0.05) is 23.7 Å². The highest BCUT2D eigenvalue weighted by Crippen LogP contribution is 2.40. The summed E-state index contributed by atoms with van der Waals surface area (Å²) < 4.78 is 5.46. The van der Waals surface area contributed by atoms with Crippen molar-refractivity contribution in [1.82, 2.24) is 4.90 Å². The highest BCUT2D eigenvalue weighted by atomic mass is 35.5. The molecule has 2 rings (SSSR count). The largest absolute Gasteiger partial charge is 0.354 e. The van der Waals surface area contributed by atoms with Crippen molar-refractivity contribution in [3.63, 3.8) is 0 Å². The Hall–Kier alpha value is -1.06. The van der Waals surface area contributed by atoms with Gasteiger partial charge < -0.3 is 9.64 Å². The van der Waals surface area contributed by atoms with Crippen LogP contribution in [0.3, 0.4) is 0 Å². The molecule has 0 aliphatic carbocycles.